The molecule has 0 aromatic carbocycles. The summed E-state index contributed by atoms with van der Waals surface area (Å²) >= 11 is 0. The maximum atomic E-state index is 5.07. The van der Waals surface area contributed by atoms with Gasteiger partial charge in [-0.15, -0.1) is 0 Å². The standard InChI is InChI=1S/C9H12N2O/c1-7-4-9(12-11-7)5-8-2-3-10-6-8/h4-5,10H,2-3,6H2,1H3/b8-5-. The zero-order chi connectivity index (χ0) is 8.39. The van der Waals surface area contributed by atoms with Crippen molar-refractivity contribution in [2.24, 2.45) is 0 Å². The van der Waals surface area contributed by atoms with Gasteiger partial charge >= 0.3 is 0 Å². The van der Waals surface area contributed by atoms with Gasteiger partial charge in [-0.25, -0.2) is 0 Å². The van der Waals surface area contributed by atoms with Crippen LogP contribution in [0, 0.1) is 6.92 Å². The molecule has 1 N–H and O–H groups in total. The molecule has 0 atom stereocenters. The predicted octanol–water partition coefficient (Wildman–Crippen LogP) is 1.36. The first-order valence-corrected chi connectivity index (χ1v) is 4.18. The predicted molar refractivity (Wildman–Crippen MR) is 46.7 cm³/mol. The van der Waals surface area contributed by atoms with Gasteiger partial charge in [0.1, 0.15) is 0 Å². The minimum atomic E-state index is 0.867. The number of rotatable bonds is 1. The number of aromatic nitrogens is 1. The molecule has 1 aliphatic heterocycles. The highest BCUT2D eigenvalue weighted by molar-refractivity contribution is 5.48. The van der Waals surface area contributed by atoms with Crippen molar-refractivity contribution in [1.82, 2.24) is 10.5 Å². The van der Waals surface area contributed by atoms with Gasteiger partial charge < -0.3 is 9.84 Å². The Morgan fingerprint density at radius 1 is 1.67 bits per heavy atom. The third-order valence-electron chi connectivity index (χ3n) is 1.97. The molecule has 1 aromatic heterocycles. The highest BCUT2D eigenvalue weighted by Crippen LogP contribution is 2.12. The minimum absolute atomic E-state index is 0.867. The highest BCUT2D eigenvalue weighted by atomic mass is 16.5. The number of aryl methyl sites for hydroxylation is 1. The second-order valence-electron chi connectivity index (χ2n) is 3.10. The average Bonchev–Trinajstić information content (AvgIpc) is 2.63. The Morgan fingerprint density at radius 3 is 3.17 bits per heavy atom. The van der Waals surface area contributed by atoms with Crippen LogP contribution in [0.5, 0.6) is 0 Å². The van der Waals surface area contributed by atoms with Crippen LogP contribution in [-0.4, -0.2) is 18.2 Å². The summed E-state index contributed by atoms with van der Waals surface area (Å²) in [6.07, 6.45) is 3.19. The van der Waals surface area contributed by atoms with E-state index in [1.165, 1.54) is 5.57 Å². The maximum absolute atomic E-state index is 5.07. The number of nitrogens with one attached hydrogen (secondary N) is 1. The van der Waals surface area contributed by atoms with Gasteiger partial charge in [0.05, 0.1) is 5.69 Å². The van der Waals surface area contributed by atoms with E-state index in [0.29, 0.717) is 0 Å². The monoisotopic (exact) mass is 164 g/mol. The molecule has 64 valence electrons. The quantitative estimate of drug-likeness (QED) is 0.681. The molecule has 3 nitrogen and oxygen atoms in total. The van der Waals surface area contributed by atoms with Crippen molar-refractivity contribution in [1.29, 1.82) is 0 Å². The van der Waals surface area contributed by atoms with Crippen LogP contribution in [0.3, 0.4) is 0 Å². The Hall–Kier alpha value is -1.09. The first-order valence-electron chi connectivity index (χ1n) is 4.18. The van der Waals surface area contributed by atoms with E-state index in [9.17, 15) is 0 Å². The molecule has 1 fully saturated rings. The molecule has 0 spiro atoms. The smallest absolute Gasteiger partial charge is 0.159 e. The molecule has 0 amide bonds. The third-order valence-corrected chi connectivity index (χ3v) is 1.97. The van der Waals surface area contributed by atoms with Gasteiger partial charge in [0, 0.05) is 12.6 Å². The van der Waals surface area contributed by atoms with Crippen molar-refractivity contribution in [3.8, 4) is 0 Å². The Balaban J connectivity index is 2.15. The van der Waals surface area contributed by atoms with E-state index >= 15 is 0 Å². The fourth-order valence-corrected chi connectivity index (χ4v) is 1.36. The molecule has 1 saturated heterocycles. The molecule has 2 rings (SSSR count). The zero-order valence-corrected chi connectivity index (χ0v) is 7.13. The molecule has 1 aliphatic rings. The van der Waals surface area contributed by atoms with E-state index in [1.807, 2.05) is 13.0 Å². The molecular weight excluding hydrogens is 152 g/mol. The van der Waals surface area contributed by atoms with E-state index in [1.54, 1.807) is 0 Å². The first kappa shape index (κ1) is 7.55. The Labute approximate surface area is 71.4 Å². The molecule has 0 saturated carbocycles. The summed E-state index contributed by atoms with van der Waals surface area (Å²) in [5.74, 6) is 0.867. The van der Waals surface area contributed by atoms with Crippen molar-refractivity contribution < 1.29 is 4.52 Å². The van der Waals surface area contributed by atoms with Gasteiger partial charge in [-0.2, -0.15) is 0 Å². The molecular formula is C9H12N2O. The van der Waals surface area contributed by atoms with Gasteiger partial charge in [-0.3, -0.25) is 0 Å². The van der Waals surface area contributed by atoms with Gasteiger partial charge in [0.25, 0.3) is 0 Å². The van der Waals surface area contributed by atoms with E-state index in [4.69, 9.17) is 4.52 Å². The number of hydrogen-bond donors (Lipinski definition) is 1. The third kappa shape index (κ3) is 1.56. The van der Waals surface area contributed by atoms with Crippen molar-refractivity contribution in [2.75, 3.05) is 13.1 Å². The normalized spacial score (nSPS) is 20.6. The van der Waals surface area contributed by atoms with Crippen molar-refractivity contribution >= 4 is 6.08 Å². The molecule has 0 radical (unpaired) electrons. The lowest BCUT2D eigenvalue weighted by atomic mass is 10.2. The van der Waals surface area contributed by atoms with Crippen LogP contribution >= 0.6 is 0 Å². The Bertz CT molecular complexity index is 293. The lowest BCUT2D eigenvalue weighted by molar-refractivity contribution is 0.408. The van der Waals surface area contributed by atoms with Crippen molar-refractivity contribution in [2.45, 2.75) is 13.3 Å². The van der Waals surface area contributed by atoms with E-state index in [2.05, 4.69) is 16.5 Å². The second kappa shape index (κ2) is 3.11. The van der Waals surface area contributed by atoms with Gasteiger partial charge in [-0.1, -0.05) is 10.7 Å². The molecule has 12 heavy (non-hydrogen) atoms. The largest absolute Gasteiger partial charge is 0.357 e. The second-order valence-corrected chi connectivity index (χ2v) is 3.10. The summed E-state index contributed by atoms with van der Waals surface area (Å²) in [5, 5.41) is 7.09. The van der Waals surface area contributed by atoms with Crippen LogP contribution in [0.1, 0.15) is 17.9 Å². The SMILES string of the molecule is Cc1cc(/C=C2/CCNC2)on1. The van der Waals surface area contributed by atoms with Crippen LogP contribution in [0.2, 0.25) is 0 Å². The summed E-state index contributed by atoms with van der Waals surface area (Å²) in [5.41, 5.74) is 2.33. The van der Waals surface area contributed by atoms with Crippen LogP contribution in [0.4, 0.5) is 0 Å². The Kier molecular flexibility index (Phi) is 1.96. The van der Waals surface area contributed by atoms with Crippen LogP contribution < -0.4 is 5.32 Å². The summed E-state index contributed by atoms with van der Waals surface area (Å²) in [7, 11) is 0. The van der Waals surface area contributed by atoms with E-state index in [0.717, 1.165) is 31.0 Å². The highest BCUT2D eigenvalue weighted by Gasteiger charge is 2.06. The Morgan fingerprint density at radius 2 is 2.58 bits per heavy atom. The average molecular weight is 164 g/mol. The molecule has 0 unspecified atom stereocenters. The zero-order valence-electron chi connectivity index (χ0n) is 7.13. The molecule has 1 aromatic rings. The van der Waals surface area contributed by atoms with Gasteiger partial charge in [-0.05, 0) is 26.0 Å². The molecule has 3 heteroatoms. The fraction of sp³-hybridized carbons (Fsp3) is 0.444. The van der Waals surface area contributed by atoms with Crippen LogP contribution in [0.25, 0.3) is 6.08 Å². The van der Waals surface area contributed by atoms with Crippen LogP contribution in [0.15, 0.2) is 16.2 Å². The van der Waals surface area contributed by atoms with E-state index < -0.39 is 0 Å². The molecule has 2 heterocycles. The first-order chi connectivity index (χ1) is 5.84. The molecule has 0 bridgehead atoms. The minimum Gasteiger partial charge on any atom is -0.357 e. The maximum Gasteiger partial charge on any atom is 0.159 e. The van der Waals surface area contributed by atoms with E-state index in [-0.39, 0.29) is 0 Å². The fourth-order valence-electron chi connectivity index (χ4n) is 1.36. The lowest BCUT2D eigenvalue weighted by Crippen LogP contribution is -2.04. The summed E-state index contributed by atoms with van der Waals surface area (Å²) in [6.45, 7) is 4.00. The van der Waals surface area contributed by atoms with Gasteiger partial charge in [0.15, 0.2) is 5.76 Å². The summed E-state index contributed by atoms with van der Waals surface area (Å²) in [6, 6.07) is 1.95. The number of hydrogen-bond acceptors (Lipinski definition) is 3. The summed E-state index contributed by atoms with van der Waals surface area (Å²) in [4.78, 5) is 0. The van der Waals surface area contributed by atoms with Crippen molar-refractivity contribution in [3.05, 3.63) is 23.1 Å². The molecule has 0 aliphatic carbocycles. The van der Waals surface area contributed by atoms with Crippen LogP contribution in [-0.2, 0) is 0 Å². The van der Waals surface area contributed by atoms with Gasteiger partial charge in [0.2, 0.25) is 0 Å². The topological polar surface area (TPSA) is 38.1 Å². The summed E-state index contributed by atoms with van der Waals surface area (Å²) < 4.78 is 5.07. The van der Waals surface area contributed by atoms with Crippen molar-refractivity contribution in [3.63, 3.8) is 0 Å². The lowest BCUT2D eigenvalue weighted by Gasteiger charge is -1.89. The number of nitrogens with zero attached hydrogens (tertiary/aromatic N) is 1.